The lowest BCUT2D eigenvalue weighted by molar-refractivity contribution is -0.147. The third-order valence-corrected chi connectivity index (χ3v) is 7.25. The first-order valence-corrected chi connectivity index (χ1v) is 11.3. The summed E-state index contributed by atoms with van der Waals surface area (Å²) in [5, 5.41) is 0. The van der Waals surface area contributed by atoms with E-state index in [1.807, 2.05) is 0 Å². The van der Waals surface area contributed by atoms with Crippen LogP contribution in [0.5, 0.6) is 0 Å². The summed E-state index contributed by atoms with van der Waals surface area (Å²) < 4.78 is 74.4. The largest absolute Gasteiger partial charge is 0.449 e. The second-order valence-corrected chi connectivity index (χ2v) is 9.55. The number of alkyl halides is 3. The van der Waals surface area contributed by atoms with Crippen molar-refractivity contribution in [1.29, 1.82) is 0 Å². The molecule has 0 saturated carbocycles. The fraction of sp³-hybridized carbons (Fsp3) is 0.381. The van der Waals surface area contributed by atoms with Gasteiger partial charge in [-0.1, -0.05) is 18.2 Å². The van der Waals surface area contributed by atoms with Gasteiger partial charge in [0, 0.05) is 26.1 Å². The molecule has 1 unspecified atom stereocenters. The molecule has 10 heteroatoms. The Balaban J connectivity index is 1.74. The molecule has 1 atom stereocenters. The first-order valence-electron chi connectivity index (χ1n) is 9.87. The van der Waals surface area contributed by atoms with Gasteiger partial charge in [0.15, 0.2) is 0 Å². The van der Waals surface area contributed by atoms with Crippen molar-refractivity contribution < 1.29 is 26.3 Å². The number of sulfonamides is 1. The van der Waals surface area contributed by atoms with E-state index in [2.05, 4.69) is 4.98 Å². The summed E-state index contributed by atoms with van der Waals surface area (Å²) in [5.41, 5.74) is 0.638. The molecule has 0 N–H and O–H groups in total. The molecule has 4 rings (SSSR count). The van der Waals surface area contributed by atoms with E-state index in [0.29, 0.717) is 18.7 Å². The minimum Gasteiger partial charge on any atom is -0.381 e. The van der Waals surface area contributed by atoms with E-state index in [0.717, 1.165) is 17.1 Å². The molecular formula is C21H22F3N3O3S. The van der Waals surface area contributed by atoms with Crippen molar-refractivity contribution in [3.63, 3.8) is 0 Å². The van der Waals surface area contributed by atoms with Crippen LogP contribution in [0.1, 0.15) is 18.7 Å². The summed E-state index contributed by atoms with van der Waals surface area (Å²) in [6.45, 7) is 1.18. The number of nitrogens with zero attached hydrogens (tertiary/aromatic N) is 3. The maximum Gasteiger partial charge on any atom is 0.449 e. The highest BCUT2D eigenvalue weighted by Gasteiger charge is 2.38. The quantitative estimate of drug-likeness (QED) is 0.578. The van der Waals surface area contributed by atoms with Gasteiger partial charge in [0.05, 0.1) is 28.2 Å². The summed E-state index contributed by atoms with van der Waals surface area (Å²) in [6, 6.07) is 12.2. The van der Waals surface area contributed by atoms with Crippen LogP contribution < -0.4 is 4.31 Å². The van der Waals surface area contributed by atoms with Crippen molar-refractivity contribution in [2.75, 3.05) is 24.6 Å². The number of ether oxygens (including phenoxy) is 1. The average molecular weight is 453 g/mol. The molecule has 31 heavy (non-hydrogen) atoms. The van der Waals surface area contributed by atoms with Gasteiger partial charge in [-0.2, -0.15) is 13.2 Å². The zero-order chi connectivity index (χ0) is 22.2. The van der Waals surface area contributed by atoms with Crippen LogP contribution >= 0.6 is 0 Å². The molecule has 2 aromatic carbocycles. The molecule has 0 aliphatic carbocycles. The maximum atomic E-state index is 13.7. The van der Waals surface area contributed by atoms with Crippen LogP contribution in [0.2, 0.25) is 0 Å². The van der Waals surface area contributed by atoms with E-state index >= 15 is 0 Å². The summed E-state index contributed by atoms with van der Waals surface area (Å²) in [4.78, 5) is 3.92. The first kappa shape index (κ1) is 21.6. The fourth-order valence-electron chi connectivity index (χ4n) is 3.81. The van der Waals surface area contributed by atoms with Crippen LogP contribution in [-0.4, -0.2) is 38.2 Å². The summed E-state index contributed by atoms with van der Waals surface area (Å²) in [6.07, 6.45) is -3.03. The van der Waals surface area contributed by atoms with Gasteiger partial charge in [-0.15, -0.1) is 0 Å². The van der Waals surface area contributed by atoms with Gasteiger partial charge >= 0.3 is 6.18 Å². The summed E-state index contributed by atoms with van der Waals surface area (Å²) in [7, 11) is -2.49. The lowest BCUT2D eigenvalue weighted by Gasteiger charge is -2.24. The zero-order valence-electron chi connectivity index (χ0n) is 16.8. The molecule has 1 aliphatic heterocycles. The number of anilines is 1. The van der Waals surface area contributed by atoms with Crippen LogP contribution in [0, 0.1) is 5.92 Å². The molecule has 0 radical (unpaired) electrons. The number of rotatable bonds is 5. The normalized spacial score (nSPS) is 17.7. The van der Waals surface area contributed by atoms with Crippen LogP contribution in [0.4, 0.5) is 18.9 Å². The Hall–Kier alpha value is -2.59. The number of fused-ring (bicyclic) bond motifs is 1. The van der Waals surface area contributed by atoms with Gasteiger partial charge < -0.3 is 9.30 Å². The van der Waals surface area contributed by atoms with Crippen molar-refractivity contribution in [3.05, 3.63) is 54.4 Å². The van der Waals surface area contributed by atoms with Gasteiger partial charge in [0.2, 0.25) is 5.82 Å². The average Bonchev–Trinajstić information content (AvgIpc) is 3.12. The lowest BCUT2D eigenvalue weighted by atomic mass is 10.0. The standard InChI is InChI=1S/C21H22F3N3O3S/c1-26(31(28,29)17-7-3-2-4-8-17)16-9-10-19-18(12-16)25-20(21(22,23)24)27(19)13-15-6-5-11-30-14-15/h2-4,7-10,12,15H,5-6,11,13-14H2,1H3. The Morgan fingerprint density at radius 2 is 1.94 bits per heavy atom. The predicted molar refractivity (Wildman–Crippen MR) is 110 cm³/mol. The molecule has 166 valence electrons. The smallest absolute Gasteiger partial charge is 0.381 e. The number of hydrogen-bond acceptors (Lipinski definition) is 4. The van der Waals surface area contributed by atoms with Crippen molar-refractivity contribution in [2.45, 2.75) is 30.5 Å². The molecule has 1 aromatic heterocycles. The predicted octanol–water partition coefficient (Wildman–Crippen LogP) is 4.31. The molecule has 1 saturated heterocycles. The SMILES string of the molecule is CN(c1ccc2c(c1)nc(C(F)(F)F)n2CC1CCCOC1)S(=O)(=O)c1ccccc1. The first-order chi connectivity index (χ1) is 14.7. The van der Waals surface area contributed by atoms with E-state index in [1.165, 1.54) is 41.9 Å². The Morgan fingerprint density at radius 3 is 2.58 bits per heavy atom. The molecule has 1 aliphatic rings. The van der Waals surface area contributed by atoms with Crippen LogP contribution in [0.3, 0.4) is 0 Å². The van der Waals surface area contributed by atoms with Gasteiger partial charge in [-0.25, -0.2) is 13.4 Å². The Bertz CT molecular complexity index is 1170. The molecule has 0 spiro atoms. The minimum atomic E-state index is -4.63. The van der Waals surface area contributed by atoms with Crippen molar-refractivity contribution in [2.24, 2.45) is 5.92 Å². The molecule has 2 heterocycles. The molecule has 6 nitrogen and oxygen atoms in total. The fourth-order valence-corrected chi connectivity index (χ4v) is 5.02. The van der Waals surface area contributed by atoms with Crippen LogP contribution in [0.25, 0.3) is 11.0 Å². The number of halogens is 3. The van der Waals surface area contributed by atoms with Crippen molar-refractivity contribution >= 4 is 26.7 Å². The van der Waals surface area contributed by atoms with E-state index in [4.69, 9.17) is 4.74 Å². The van der Waals surface area contributed by atoms with Crippen molar-refractivity contribution in [1.82, 2.24) is 9.55 Å². The molecule has 3 aromatic rings. The molecule has 0 amide bonds. The Labute approximate surface area is 178 Å². The maximum absolute atomic E-state index is 13.7. The number of hydrogen-bond donors (Lipinski definition) is 0. The third-order valence-electron chi connectivity index (χ3n) is 5.45. The second kappa shape index (κ2) is 8.16. The Morgan fingerprint density at radius 1 is 1.19 bits per heavy atom. The molecule has 1 fully saturated rings. The van der Waals surface area contributed by atoms with Crippen LogP contribution in [-0.2, 0) is 27.5 Å². The second-order valence-electron chi connectivity index (χ2n) is 7.59. The molecular weight excluding hydrogens is 431 g/mol. The highest BCUT2D eigenvalue weighted by Crippen LogP contribution is 2.34. The Kier molecular flexibility index (Phi) is 5.69. The topological polar surface area (TPSA) is 64.4 Å². The van der Waals surface area contributed by atoms with Gasteiger partial charge in [0.1, 0.15) is 0 Å². The number of aromatic nitrogens is 2. The highest BCUT2D eigenvalue weighted by molar-refractivity contribution is 7.92. The van der Waals surface area contributed by atoms with E-state index < -0.39 is 22.0 Å². The van der Waals surface area contributed by atoms with E-state index in [1.54, 1.807) is 18.2 Å². The van der Waals surface area contributed by atoms with Gasteiger partial charge in [-0.3, -0.25) is 4.31 Å². The van der Waals surface area contributed by atoms with Gasteiger partial charge in [0.25, 0.3) is 10.0 Å². The zero-order valence-corrected chi connectivity index (χ0v) is 17.7. The van der Waals surface area contributed by atoms with Crippen molar-refractivity contribution in [3.8, 4) is 0 Å². The van der Waals surface area contributed by atoms with E-state index in [-0.39, 0.29) is 28.6 Å². The monoisotopic (exact) mass is 453 g/mol. The van der Waals surface area contributed by atoms with Crippen LogP contribution in [0.15, 0.2) is 53.4 Å². The molecule has 0 bridgehead atoms. The minimum absolute atomic E-state index is 0.0342. The summed E-state index contributed by atoms with van der Waals surface area (Å²) >= 11 is 0. The number of imidazole rings is 1. The third kappa shape index (κ3) is 4.27. The lowest BCUT2D eigenvalue weighted by Crippen LogP contribution is -2.26. The van der Waals surface area contributed by atoms with Gasteiger partial charge in [-0.05, 0) is 43.2 Å². The highest BCUT2D eigenvalue weighted by atomic mass is 32.2. The summed E-state index contributed by atoms with van der Waals surface area (Å²) in [5.74, 6) is -1.02. The van der Waals surface area contributed by atoms with E-state index in [9.17, 15) is 21.6 Å². The number of benzene rings is 2.